The van der Waals surface area contributed by atoms with E-state index in [1.54, 1.807) is 0 Å². The molecule has 2 N–H and O–H groups in total. The summed E-state index contributed by atoms with van der Waals surface area (Å²) in [5, 5.41) is 0. The van der Waals surface area contributed by atoms with Crippen LogP contribution in [0.3, 0.4) is 0 Å². The number of likely N-dealkylation sites (N-methyl/N-ethyl adjacent to an activating group) is 1. The van der Waals surface area contributed by atoms with Crippen molar-refractivity contribution in [2.24, 2.45) is 23.5 Å². The summed E-state index contributed by atoms with van der Waals surface area (Å²) in [4.78, 5) is 2.26. The van der Waals surface area contributed by atoms with Crippen LogP contribution < -0.4 is 5.73 Å². The molecule has 3 rings (SSSR count). The third-order valence-corrected chi connectivity index (χ3v) is 5.98. The van der Waals surface area contributed by atoms with Crippen molar-refractivity contribution in [3.63, 3.8) is 0 Å². The zero-order chi connectivity index (χ0) is 15.0. The van der Waals surface area contributed by atoms with E-state index in [0.717, 1.165) is 28.8 Å². The van der Waals surface area contributed by atoms with E-state index in [9.17, 15) is 4.39 Å². The van der Waals surface area contributed by atoms with E-state index in [1.807, 2.05) is 12.1 Å². The van der Waals surface area contributed by atoms with E-state index in [1.165, 1.54) is 31.7 Å². The van der Waals surface area contributed by atoms with Gasteiger partial charge in [-0.05, 0) is 56.2 Å². The molecule has 1 aromatic carbocycles. The maximum absolute atomic E-state index is 14.2. The maximum atomic E-state index is 14.2. The molecule has 0 heterocycles. The van der Waals surface area contributed by atoms with Gasteiger partial charge in [0, 0.05) is 29.2 Å². The van der Waals surface area contributed by atoms with Crippen molar-refractivity contribution in [2.75, 3.05) is 20.1 Å². The Hall–Kier alpha value is -0.450. The van der Waals surface area contributed by atoms with Crippen molar-refractivity contribution in [3.8, 4) is 0 Å². The van der Waals surface area contributed by atoms with Crippen molar-refractivity contribution >= 4 is 15.9 Å². The van der Waals surface area contributed by atoms with Gasteiger partial charge in [0.15, 0.2) is 0 Å². The van der Waals surface area contributed by atoms with E-state index in [2.05, 4.69) is 27.9 Å². The van der Waals surface area contributed by atoms with Crippen LogP contribution in [0.1, 0.15) is 37.3 Å². The lowest BCUT2D eigenvalue weighted by Crippen LogP contribution is -2.36. The Labute approximate surface area is 135 Å². The standard InChI is InChI=1S/C17H24BrFN2/c1-21(10-13-7-11-2-3-12(13)6-11)17(9-20)15-5-4-14(18)8-16(15)19/h4-5,8,11-13,17H,2-3,6-7,9-10,20H2,1H3. The van der Waals surface area contributed by atoms with Gasteiger partial charge in [0.1, 0.15) is 5.82 Å². The highest BCUT2D eigenvalue weighted by Crippen LogP contribution is 2.48. The summed E-state index contributed by atoms with van der Waals surface area (Å²) in [5.41, 5.74) is 6.66. The predicted molar refractivity (Wildman–Crippen MR) is 87.5 cm³/mol. The highest BCUT2D eigenvalue weighted by atomic mass is 79.9. The van der Waals surface area contributed by atoms with Gasteiger partial charge < -0.3 is 5.73 Å². The van der Waals surface area contributed by atoms with E-state index in [0.29, 0.717) is 12.1 Å². The number of benzene rings is 1. The Morgan fingerprint density at radius 1 is 1.38 bits per heavy atom. The molecule has 0 spiro atoms. The lowest BCUT2D eigenvalue weighted by molar-refractivity contribution is 0.173. The number of hydrogen-bond donors (Lipinski definition) is 1. The number of nitrogens with zero attached hydrogens (tertiary/aromatic N) is 1. The molecule has 2 aliphatic rings. The van der Waals surface area contributed by atoms with Crippen molar-refractivity contribution in [1.29, 1.82) is 0 Å². The van der Waals surface area contributed by atoms with Gasteiger partial charge in [0.25, 0.3) is 0 Å². The molecule has 116 valence electrons. The third kappa shape index (κ3) is 3.17. The van der Waals surface area contributed by atoms with Crippen molar-refractivity contribution in [2.45, 2.75) is 31.7 Å². The van der Waals surface area contributed by atoms with E-state index >= 15 is 0 Å². The summed E-state index contributed by atoms with van der Waals surface area (Å²) in [6.07, 6.45) is 5.59. The molecule has 21 heavy (non-hydrogen) atoms. The first-order chi connectivity index (χ1) is 10.1. The fourth-order valence-corrected chi connectivity index (χ4v) is 4.75. The minimum atomic E-state index is -0.167. The summed E-state index contributed by atoms with van der Waals surface area (Å²) in [6, 6.07) is 5.25. The number of fused-ring (bicyclic) bond motifs is 2. The predicted octanol–water partition coefficient (Wildman–Crippen LogP) is 3.96. The molecule has 0 radical (unpaired) electrons. The third-order valence-electron chi connectivity index (χ3n) is 5.48. The van der Waals surface area contributed by atoms with Crippen molar-refractivity contribution < 1.29 is 4.39 Å². The zero-order valence-electron chi connectivity index (χ0n) is 12.6. The first kappa shape index (κ1) is 15.4. The summed E-state index contributed by atoms with van der Waals surface area (Å²) in [7, 11) is 2.09. The minimum absolute atomic E-state index is 0.0303. The number of hydrogen-bond acceptors (Lipinski definition) is 2. The molecule has 4 heteroatoms. The van der Waals surface area contributed by atoms with E-state index in [4.69, 9.17) is 5.73 Å². The average molecular weight is 355 g/mol. The van der Waals surface area contributed by atoms with Gasteiger partial charge in [-0.15, -0.1) is 0 Å². The van der Waals surface area contributed by atoms with Gasteiger partial charge in [-0.25, -0.2) is 4.39 Å². The van der Waals surface area contributed by atoms with Crippen LogP contribution in [-0.2, 0) is 0 Å². The van der Waals surface area contributed by atoms with Crippen LogP contribution in [0, 0.1) is 23.6 Å². The fourth-order valence-electron chi connectivity index (χ4n) is 4.41. The van der Waals surface area contributed by atoms with Gasteiger partial charge in [-0.3, -0.25) is 4.90 Å². The van der Waals surface area contributed by atoms with Crippen LogP contribution >= 0.6 is 15.9 Å². The molecule has 2 aliphatic carbocycles. The molecular formula is C17H24BrFN2. The molecule has 2 nitrogen and oxygen atoms in total. The number of halogens is 2. The average Bonchev–Trinajstić information content (AvgIpc) is 3.04. The molecule has 4 unspecified atom stereocenters. The molecule has 0 amide bonds. The lowest BCUT2D eigenvalue weighted by atomic mass is 9.88. The Balaban J connectivity index is 1.70. The lowest BCUT2D eigenvalue weighted by Gasteiger charge is -2.33. The summed E-state index contributed by atoms with van der Waals surface area (Å²) in [6.45, 7) is 1.49. The van der Waals surface area contributed by atoms with Crippen LogP contribution in [0.5, 0.6) is 0 Å². The van der Waals surface area contributed by atoms with E-state index in [-0.39, 0.29) is 11.9 Å². The molecule has 0 aliphatic heterocycles. The second kappa shape index (κ2) is 6.35. The quantitative estimate of drug-likeness (QED) is 0.866. The molecule has 1 aromatic rings. The molecule has 2 saturated carbocycles. The second-order valence-corrected chi connectivity index (χ2v) is 7.71. The van der Waals surface area contributed by atoms with Gasteiger partial charge >= 0.3 is 0 Å². The van der Waals surface area contributed by atoms with Crippen LogP contribution in [0.2, 0.25) is 0 Å². The molecule has 4 atom stereocenters. The first-order valence-electron chi connectivity index (χ1n) is 7.93. The van der Waals surface area contributed by atoms with Gasteiger partial charge in [0.05, 0.1) is 0 Å². The fraction of sp³-hybridized carbons (Fsp3) is 0.647. The summed E-state index contributed by atoms with van der Waals surface area (Å²) < 4.78 is 15.0. The topological polar surface area (TPSA) is 29.3 Å². The highest BCUT2D eigenvalue weighted by Gasteiger charge is 2.40. The van der Waals surface area contributed by atoms with Gasteiger partial charge in [-0.2, -0.15) is 0 Å². The van der Waals surface area contributed by atoms with Gasteiger partial charge in [0.2, 0.25) is 0 Å². The van der Waals surface area contributed by atoms with Crippen molar-refractivity contribution in [3.05, 3.63) is 34.1 Å². The normalized spacial score (nSPS) is 29.3. The number of rotatable bonds is 5. The zero-order valence-corrected chi connectivity index (χ0v) is 14.2. The van der Waals surface area contributed by atoms with Crippen molar-refractivity contribution in [1.82, 2.24) is 4.90 Å². The van der Waals surface area contributed by atoms with Crippen LogP contribution in [0.25, 0.3) is 0 Å². The van der Waals surface area contributed by atoms with Crippen LogP contribution in [0.4, 0.5) is 4.39 Å². The number of nitrogens with two attached hydrogens (primary N) is 1. The monoisotopic (exact) mass is 354 g/mol. The van der Waals surface area contributed by atoms with Crippen LogP contribution in [0.15, 0.2) is 22.7 Å². The molecule has 2 fully saturated rings. The molecular weight excluding hydrogens is 331 g/mol. The molecule has 0 aromatic heterocycles. The Morgan fingerprint density at radius 3 is 2.76 bits per heavy atom. The maximum Gasteiger partial charge on any atom is 0.129 e. The largest absolute Gasteiger partial charge is 0.329 e. The van der Waals surface area contributed by atoms with Crippen LogP contribution in [-0.4, -0.2) is 25.0 Å². The minimum Gasteiger partial charge on any atom is -0.329 e. The highest BCUT2D eigenvalue weighted by molar-refractivity contribution is 9.10. The van der Waals surface area contributed by atoms with Gasteiger partial charge in [-0.1, -0.05) is 28.4 Å². The summed E-state index contributed by atoms with van der Waals surface area (Å²) >= 11 is 3.31. The first-order valence-corrected chi connectivity index (χ1v) is 8.73. The Morgan fingerprint density at radius 2 is 2.19 bits per heavy atom. The summed E-state index contributed by atoms with van der Waals surface area (Å²) in [5.74, 6) is 2.46. The Bertz CT molecular complexity index is 508. The Kier molecular flexibility index (Phi) is 4.67. The SMILES string of the molecule is CN(CC1CC2CCC1C2)C(CN)c1ccc(Br)cc1F. The van der Waals surface area contributed by atoms with E-state index < -0.39 is 0 Å². The smallest absolute Gasteiger partial charge is 0.129 e. The molecule has 0 saturated heterocycles. The molecule has 2 bridgehead atoms. The second-order valence-electron chi connectivity index (χ2n) is 6.79.